The van der Waals surface area contributed by atoms with Crippen LogP contribution in [0.25, 0.3) is 0 Å². The standard InChI is InChI=1S/C16H14BrFN2/c1-11(15-4-2-3-5-16(15)17)20-10-13-8-14(18)7-6-12(13)9-19/h2-8,11,20H,10H2,1H3/t11-/m0/s1. The monoisotopic (exact) mass is 332 g/mol. The first-order valence-electron chi connectivity index (χ1n) is 6.28. The van der Waals surface area contributed by atoms with Gasteiger partial charge in [0.25, 0.3) is 0 Å². The molecule has 0 spiro atoms. The third kappa shape index (κ3) is 3.44. The van der Waals surface area contributed by atoms with Crippen molar-refractivity contribution in [2.75, 3.05) is 0 Å². The van der Waals surface area contributed by atoms with E-state index in [1.165, 1.54) is 18.2 Å². The van der Waals surface area contributed by atoms with Crippen molar-refractivity contribution < 1.29 is 4.39 Å². The van der Waals surface area contributed by atoms with Gasteiger partial charge in [0.15, 0.2) is 0 Å². The molecule has 2 aromatic carbocycles. The number of halogens is 2. The van der Waals surface area contributed by atoms with E-state index >= 15 is 0 Å². The highest BCUT2D eigenvalue weighted by molar-refractivity contribution is 9.10. The highest BCUT2D eigenvalue weighted by atomic mass is 79.9. The van der Waals surface area contributed by atoms with Crippen LogP contribution in [0.3, 0.4) is 0 Å². The van der Waals surface area contributed by atoms with Crippen LogP contribution in [0.15, 0.2) is 46.9 Å². The van der Waals surface area contributed by atoms with Gasteiger partial charge in [0.2, 0.25) is 0 Å². The lowest BCUT2D eigenvalue weighted by atomic mass is 10.1. The largest absolute Gasteiger partial charge is 0.306 e. The van der Waals surface area contributed by atoms with Crippen LogP contribution in [0, 0.1) is 17.1 Å². The molecule has 0 aliphatic heterocycles. The van der Waals surface area contributed by atoms with Crippen LogP contribution in [-0.4, -0.2) is 0 Å². The summed E-state index contributed by atoms with van der Waals surface area (Å²) < 4.78 is 14.3. The predicted molar refractivity (Wildman–Crippen MR) is 80.5 cm³/mol. The molecule has 0 radical (unpaired) electrons. The molecule has 0 fully saturated rings. The smallest absolute Gasteiger partial charge is 0.123 e. The summed E-state index contributed by atoms with van der Waals surface area (Å²) in [6.45, 7) is 2.48. The highest BCUT2D eigenvalue weighted by Crippen LogP contribution is 2.23. The van der Waals surface area contributed by atoms with Gasteiger partial charge in [-0.1, -0.05) is 34.1 Å². The van der Waals surface area contributed by atoms with Crippen LogP contribution in [0.1, 0.15) is 29.7 Å². The molecule has 1 N–H and O–H groups in total. The summed E-state index contributed by atoms with van der Waals surface area (Å²) in [5, 5.41) is 12.3. The molecule has 0 amide bonds. The molecule has 0 saturated heterocycles. The SMILES string of the molecule is C[C@H](NCc1cc(F)ccc1C#N)c1ccccc1Br. The van der Waals surface area contributed by atoms with Gasteiger partial charge in [0.05, 0.1) is 11.6 Å². The Morgan fingerprint density at radius 1 is 1.30 bits per heavy atom. The van der Waals surface area contributed by atoms with Gasteiger partial charge < -0.3 is 5.32 Å². The summed E-state index contributed by atoms with van der Waals surface area (Å²) in [7, 11) is 0. The second kappa shape index (κ2) is 6.65. The van der Waals surface area contributed by atoms with Crippen LogP contribution in [0.5, 0.6) is 0 Å². The van der Waals surface area contributed by atoms with Crippen LogP contribution in [-0.2, 0) is 6.54 Å². The van der Waals surface area contributed by atoms with Gasteiger partial charge in [0, 0.05) is 17.1 Å². The molecule has 0 saturated carbocycles. The molecular weight excluding hydrogens is 319 g/mol. The quantitative estimate of drug-likeness (QED) is 0.905. The number of nitrogens with one attached hydrogen (secondary N) is 1. The lowest BCUT2D eigenvalue weighted by Crippen LogP contribution is -2.19. The Labute approximate surface area is 126 Å². The molecule has 0 bridgehead atoms. The van der Waals surface area contributed by atoms with Gasteiger partial charge in [0.1, 0.15) is 5.82 Å². The third-order valence-electron chi connectivity index (χ3n) is 3.16. The molecule has 2 aromatic rings. The van der Waals surface area contributed by atoms with Crippen molar-refractivity contribution in [1.82, 2.24) is 5.32 Å². The molecule has 0 heterocycles. The Morgan fingerprint density at radius 3 is 2.75 bits per heavy atom. The minimum absolute atomic E-state index is 0.0976. The maximum absolute atomic E-state index is 13.3. The molecular formula is C16H14BrFN2. The molecule has 0 aliphatic rings. The average molecular weight is 333 g/mol. The molecule has 2 nitrogen and oxygen atoms in total. The van der Waals surface area contributed by atoms with Crippen LogP contribution < -0.4 is 5.32 Å². The number of nitrogens with zero attached hydrogens (tertiary/aromatic N) is 1. The fourth-order valence-corrected chi connectivity index (χ4v) is 2.65. The van der Waals surface area contributed by atoms with Crippen molar-refractivity contribution in [2.24, 2.45) is 0 Å². The number of nitriles is 1. The van der Waals surface area contributed by atoms with Crippen LogP contribution >= 0.6 is 15.9 Å². The zero-order valence-corrected chi connectivity index (χ0v) is 12.6. The van der Waals surface area contributed by atoms with E-state index in [0.29, 0.717) is 17.7 Å². The van der Waals surface area contributed by atoms with E-state index in [-0.39, 0.29) is 11.9 Å². The number of hydrogen-bond acceptors (Lipinski definition) is 2. The van der Waals surface area contributed by atoms with Crippen molar-refractivity contribution in [2.45, 2.75) is 19.5 Å². The zero-order chi connectivity index (χ0) is 14.5. The minimum Gasteiger partial charge on any atom is -0.306 e. The lowest BCUT2D eigenvalue weighted by molar-refractivity contribution is 0.567. The van der Waals surface area contributed by atoms with Crippen molar-refractivity contribution in [3.8, 4) is 6.07 Å². The van der Waals surface area contributed by atoms with Crippen molar-refractivity contribution in [3.63, 3.8) is 0 Å². The van der Waals surface area contributed by atoms with Crippen LogP contribution in [0.4, 0.5) is 4.39 Å². The minimum atomic E-state index is -0.325. The Balaban J connectivity index is 2.11. The summed E-state index contributed by atoms with van der Waals surface area (Å²) in [5.74, 6) is -0.325. The zero-order valence-electron chi connectivity index (χ0n) is 11.0. The summed E-state index contributed by atoms with van der Waals surface area (Å²) >= 11 is 3.51. The summed E-state index contributed by atoms with van der Waals surface area (Å²) in [5.41, 5.74) is 2.30. The van der Waals surface area contributed by atoms with Gasteiger partial charge in [-0.05, 0) is 42.3 Å². The van der Waals surface area contributed by atoms with E-state index in [2.05, 4.69) is 27.3 Å². The van der Waals surface area contributed by atoms with E-state index in [1.807, 2.05) is 31.2 Å². The Hall–Kier alpha value is -1.70. The number of benzene rings is 2. The Kier molecular flexibility index (Phi) is 4.89. The van der Waals surface area contributed by atoms with E-state index < -0.39 is 0 Å². The molecule has 1 atom stereocenters. The maximum atomic E-state index is 13.3. The van der Waals surface area contributed by atoms with Gasteiger partial charge in [-0.3, -0.25) is 0 Å². The van der Waals surface area contributed by atoms with E-state index in [9.17, 15) is 4.39 Å². The van der Waals surface area contributed by atoms with Gasteiger partial charge in [-0.25, -0.2) is 4.39 Å². The van der Waals surface area contributed by atoms with E-state index in [4.69, 9.17) is 5.26 Å². The maximum Gasteiger partial charge on any atom is 0.123 e. The highest BCUT2D eigenvalue weighted by Gasteiger charge is 2.10. The van der Waals surface area contributed by atoms with Crippen LogP contribution in [0.2, 0.25) is 0 Å². The van der Waals surface area contributed by atoms with Gasteiger partial charge >= 0.3 is 0 Å². The first-order chi connectivity index (χ1) is 9.61. The topological polar surface area (TPSA) is 35.8 Å². The number of rotatable bonds is 4. The summed E-state index contributed by atoms with van der Waals surface area (Å²) in [4.78, 5) is 0. The first kappa shape index (κ1) is 14.7. The van der Waals surface area contributed by atoms with E-state index in [1.54, 1.807) is 0 Å². The lowest BCUT2D eigenvalue weighted by Gasteiger charge is -2.16. The second-order valence-electron chi connectivity index (χ2n) is 4.54. The normalized spacial score (nSPS) is 11.9. The Bertz CT molecular complexity index is 649. The third-order valence-corrected chi connectivity index (χ3v) is 3.88. The molecule has 4 heteroatoms. The first-order valence-corrected chi connectivity index (χ1v) is 7.07. The summed E-state index contributed by atoms with van der Waals surface area (Å²) in [6, 6.07) is 14.3. The van der Waals surface area contributed by atoms with Crippen molar-refractivity contribution in [1.29, 1.82) is 5.26 Å². The molecule has 0 aromatic heterocycles. The number of hydrogen-bond donors (Lipinski definition) is 1. The fourth-order valence-electron chi connectivity index (χ4n) is 2.02. The predicted octanol–water partition coefficient (Wildman–Crippen LogP) is 4.31. The second-order valence-corrected chi connectivity index (χ2v) is 5.39. The molecule has 102 valence electrons. The average Bonchev–Trinajstić information content (AvgIpc) is 2.45. The fraction of sp³-hybridized carbons (Fsp3) is 0.188. The Morgan fingerprint density at radius 2 is 2.05 bits per heavy atom. The van der Waals surface area contributed by atoms with Gasteiger partial charge in [-0.2, -0.15) is 5.26 Å². The van der Waals surface area contributed by atoms with Crippen molar-refractivity contribution in [3.05, 3.63) is 69.4 Å². The van der Waals surface area contributed by atoms with E-state index in [0.717, 1.165) is 10.0 Å². The molecule has 20 heavy (non-hydrogen) atoms. The summed E-state index contributed by atoms with van der Waals surface area (Å²) in [6.07, 6.45) is 0. The molecule has 0 aliphatic carbocycles. The molecule has 2 rings (SSSR count). The van der Waals surface area contributed by atoms with Gasteiger partial charge in [-0.15, -0.1) is 0 Å². The molecule has 0 unspecified atom stereocenters. The van der Waals surface area contributed by atoms with Crippen molar-refractivity contribution >= 4 is 15.9 Å².